The first-order valence-electron chi connectivity index (χ1n) is 5.44. The van der Waals surface area contributed by atoms with Crippen molar-refractivity contribution in [1.82, 2.24) is 0 Å². The van der Waals surface area contributed by atoms with Crippen molar-refractivity contribution < 1.29 is 8.78 Å². The molecule has 1 nitrogen and oxygen atoms in total. The molecule has 0 bridgehead atoms. The Morgan fingerprint density at radius 3 is 1.93 bits per heavy atom. The van der Waals surface area contributed by atoms with Gasteiger partial charge in [0.25, 0.3) is 5.92 Å². The summed E-state index contributed by atoms with van der Waals surface area (Å²) in [6, 6.07) is 0. The third-order valence-electron chi connectivity index (χ3n) is 4.14. The van der Waals surface area contributed by atoms with Crippen molar-refractivity contribution in [2.45, 2.75) is 57.4 Å². The third kappa shape index (κ3) is 1.46. The van der Waals surface area contributed by atoms with E-state index >= 15 is 0 Å². The van der Waals surface area contributed by atoms with Crippen LogP contribution >= 0.6 is 0 Å². The van der Waals surface area contributed by atoms with Crippen LogP contribution in [0.3, 0.4) is 0 Å². The molecule has 2 aliphatic rings. The summed E-state index contributed by atoms with van der Waals surface area (Å²) < 4.78 is 26.1. The number of rotatable bonds is 1. The molecule has 0 saturated heterocycles. The lowest BCUT2D eigenvalue weighted by Crippen LogP contribution is -2.41. The van der Waals surface area contributed by atoms with Crippen molar-refractivity contribution in [3.63, 3.8) is 0 Å². The molecule has 0 aromatic carbocycles. The third-order valence-corrected chi connectivity index (χ3v) is 4.14. The maximum atomic E-state index is 13.0. The Balaban J connectivity index is 1.98. The zero-order valence-electron chi connectivity index (χ0n) is 8.95. The van der Waals surface area contributed by atoms with Crippen LogP contribution in [0.25, 0.3) is 0 Å². The van der Waals surface area contributed by atoms with Crippen LogP contribution in [0.5, 0.6) is 0 Å². The van der Waals surface area contributed by atoms with Crippen molar-refractivity contribution in [2.24, 2.45) is 17.1 Å². The van der Waals surface area contributed by atoms with Crippen molar-refractivity contribution in [2.75, 3.05) is 0 Å². The van der Waals surface area contributed by atoms with E-state index in [9.17, 15) is 8.78 Å². The number of alkyl halides is 2. The molecule has 2 fully saturated rings. The second-order valence-electron chi connectivity index (χ2n) is 5.86. The highest BCUT2D eigenvalue weighted by Gasteiger charge is 2.71. The van der Waals surface area contributed by atoms with Gasteiger partial charge in [0, 0.05) is 6.42 Å². The van der Waals surface area contributed by atoms with Gasteiger partial charge in [-0.05, 0) is 37.0 Å². The van der Waals surface area contributed by atoms with E-state index in [1.165, 1.54) is 0 Å². The summed E-state index contributed by atoms with van der Waals surface area (Å²) in [5, 5.41) is 0. The summed E-state index contributed by atoms with van der Waals surface area (Å²) in [6.07, 6.45) is 3.72. The smallest absolute Gasteiger partial charge is 0.268 e. The van der Waals surface area contributed by atoms with Crippen molar-refractivity contribution in [3.05, 3.63) is 0 Å². The van der Waals surface area contributed by atoms with Gasteiger partial charge in [0.2, 0.25) is 0 Å². The molecule has 1 unspecified atom stereocenters. The Bertz CT molecular complexity index is 240. The molecule has 0 radical (unpaired) electrons. The highest BCUT2D eigenvalue weighted by molar-refractivity contribution is 5.19. The molecule has 2 saturated carbocycles. The Hall–Kier alpha value is -0.180. The molecule has 0 aromatic rings. The van der Waals surface area contributed by atoms with E-state index in [0.29, 0.717) is 5.41 Å². The van der Waals surface area contributed by atoms with Crippen LogP contribution in [0.15, 0.2) is 0 Å². The normalized spacial score (nSPS) is 40.9. The van der Waals surface area contributed by atoms with Gasteiger partial charge in [-0.1, -0.05) is 13.8 Å². The van der Waals surface area contributed by atoms with Gasteiger partial charge < -0.3 is 5.73 Å². The van der Waals surface area contributed by atoms with Crippen LogP contribution < -0.4 is 5.73 Å². The minimum absolute atomic E-state index is 0.0468. The van der Waals surface area contributed by atoms with Crippen LogP contribution in [0.1, 0.15) is 46.0 Å². The van der Waals surface area contributed by atoms with E-state index in [-0.39, 0.29) is 12.3 Å². The quantitative estimate of drug-likeness (QED) is 0.696. The van der Waals surface area contributed by atoms with Gasteiger partial charge in [0.15, 0.2) is 0 Å². The molecule has 0 heterocycles. The van der Waals surface area contributed by atoms with E-state index in [4.69, 9.17) is 5.73 Å². The summed E-state index contributed by atoms with van der Waals surface area (Å²) in [5.41, 5.74) is 4.92. The average Bonchev–Trinajstić information content (AvgIpc) is 2.51. The van der Waals surface area contributed by atoms with E-state index in [1.54, 1.807) is 0 Å². The largest absolute Gasteiger partial charge is 0.320 e. The molecule has 2 rings (SSSR count). The van der Waals surface area contributed by atoms with Crippen LogP contribution in [0.4, 0.5) is 8.78 Å². The molecule has 2 aliphatic carbocycles. The standard InChI is InChI=1S/C11H19F2N/c1-9(2)5-3-8(4-6-9)10(14)7-11(10,12)13/h8H,3-7,14H2,1-2H3. The Morgan fingerprint density at radius 1 is 1.14 bits per heavy atom. The summed E-state index contributed by atoms with van der Waals surface area (Å²) in [6.45, 7) is 4.41. The predicted octanol–water partition coefficient (Wildman–Crippen LogP) is 2.94. The number of hydrogen-bond acceptors (Lipinski definition) is 1. The number of nitrogens with two attached hydrogens (primary N) is 1. The highest BCUT2D eigenvalue weighted by Crippen LogP contribution is 2.59. The van der Waals surface area contributed by atoms with Crippen LogP contribution in [0, 0.1) is 11.3 Å². The molecule has 14 heavy (non-hydrogen) atoms. The topological polar surface area (TPSA) is 26.0 Å². The van der Waals surface area contributed by atoms with Gasteiger partial charge in [0.05, 0.1) is 5.54 Å². The average molecular weight is 203 g/mol. The highest BCUT2D eigenvalue weighted by atomic mass is 19.3. The first kappa shape index (κ1) is 10.3. The maximum Gasteiger partial charge on any atom is 0.268 e. The van der Waals surface area contributed by atoms with Gasteiger partial charge >= 0.3 is 0 Å². The zero-order chi connectivity index (χ0) is 10.6. The minimum atomic E-state index is -2.58. The first-order chi connectivity index (χ1) is 6.27. The monoisotopic (exact) mass is 203 g/mol. The van der Waals surface area contributed by atoms with Crippen LogP contribution in [0.2, 0.25) is 0 Å². The minimum Gasteiger partial charge on any atom is -0.320 e. The second-order valence-corrected chi connectivity index (χ2v) is 5.86. The van der Waals surface area contributed by atoms with Gasteiger partial charge in [0.1, 0.15) is 0 Å². The summed E-state index contributed by atoms with van der Waals surface area (Å²) in [4.78, 5) is 0. The number of hydrogen-bond donors (Lipinski definition) is 1. The molecule has 0 aromatic heterocycles. The van der Waals surface area contributed by atoms with E-state index < -0.39 is 11.5 Å². The lowest BCUT2D eigenvalue weighted by atomic mass is 9.70. The van der Waals surface area contributed by atoms with E-state index in [1.807, 2.05) is 0 Å². The van der Waals surface area contributed by atoms with Gasteiger partial charge in [-0.3, -0.25) is 0 Å². The van der Waals surface area contributed by atoms with Crippen LogP contribution in [-0.2, 0) is 0 Å². The molecular formula is C11H19F2N. The Kier molecular flexibility index (Phi) is 1.98. The molecular weight excluding hydrogens is 184 g/mol. The van der Waals surface area contributed by atoms with E-state index in [2.05, 4.69) is 13.8 Å². The summed E-state index contributed by atoms with van der Waals surface area (Å²) in [5.74, 6) is -2.54. The molecule has 82 valence electrons. The fraction of sp³-hybridized carbons (Fsp3) is 1.00. The molecule has 0 aliphatic heterocycles. The predicted molar refractivity (Wildman–Crippen MR) is 52.2 cm³/mol. The second kappa shape index (κ2) is 2.69. The van der Waals surface area contributed by atoms with E-state index in [0.717, 1.165) is 25.7 Å². The van der Waals surface area contributed by atoms with Gasteiger partial charge in [-0.2, -0.15) is 0 Å². The van der Waals surface area contributed by atoms with Gasteiger partial charge in [-0.15, -0.1) is 0 Å². The molecule has 3 heteroatoms. The Morgan fingerprint density at radius 2 is 1.57 bits per heavy atom. The SMILES string of the molecule is CC1(C)CCC(C2(N)CC2(F)F)CC1. The van der Waals surface area contributed by atoms with Crippen molar-refractivity contribution >= 4 is 0 Å². The first-order valence-corrected chi connectivity index (χ1v) is 5.44. The molecule has 0 amide bonds. The molecule has 1 atom stereocenters. The lowest BCUT2D eigenvalue weighted by Gasteiger charge is -2.37. The number of halogens is 2. The fourth-order valence-electron chi connectivity index (χ4n) is 2.68. The molecule has 0 spiro atoms. The fourth-order valence-corrected chi connectivity index (χ4v) is 2.68. The van der Waals surface area contributed by atoms with Crippen LogP contribution in [-0.4, -0.2) is 11.5 Å². The summed E-state index contributed by atoms with van der Waals surface area (Å²) >= 11 is 0. The zero-order valence-corrected chi connectivity index (χ0v) is 8.95. The van der Waals surface area contributed by atoms with Crippen molar-refractivity contribution in [3.8, 4) is 0 Å². The molecule has 2 N–H and O–H groups in total. The lowest BCUT2D eigenvalue weighted by molar-refractivity contribution is 0.0535. The Labute approximate surface area is 84.0 Å². The van der Waals surface area contributed by atoms with Gasteiger partial charge in [-0.25, -0.2) is 8.78 Å². The van der Waals surface area contributed by atoms with Crippen molar-refractivity contribution in [1.29, 1.82) is 0 Å². The maximum absolute atomic E-state index is 13.0. The summed E-state index contributed by atoms with van der Waals surface area (Å²) in [7, 11) is 0.